The van der Waals surface area contributed by atoms with Crippen molar-refractivity contribution in [2.24, 2.45) is 0 Å². The second-order valence-electron chi connectivity index (χ2n) is 2.50. The number of hydrogen-bond donors (Lipinski definition) is 2. The number of sulfonamides is 1. The zero-order valence-corrected chi connectivity index (χ0v) is 8.79. The minimum absolute atomic E-state index is 0.0827. The van der Waals surface area contributed by atoms with Crippen molar-refractivity contribution >= 4 is 33.4 Å². The summed E-state index contributed by atoms with van der Waals surface area (Å²) >= 11 is 5.42. The summed E-state index contributed by atoms with van der Waals surface area (Å²) in [5.74, 6) is -2.57. The van der Waals surface area contributed by atoms with Crippen molar-refractivity contribution in [1.82, 2.24) is 10.2 Å². The van der Waals surface area contributed by atoms with Gasteiger partial charge in [0.15, 0.2) is 16.7 Å². The van der Waals surface area contributed by atoms with Crippen LogP contribution in [0, 0.1) is 0 Å². The lowest BCUT2D eigenvalue weighted by Crippen LogP contribution is -2.22. The van der Waals surface area contributed by atoms with E-state index >= 15 is 0 Å². The molecule has 2 N–H and O–H groups in total. The third kappa shape index (κ3) is 4.09. The summed E-state index contributed by atoms with van der Waals surface area (Å²) in [6, 6.07) is 2.60. The normalized spacial score (nSPS) is 11.0. The van der Waals surface area contributed by atoms with Crippen LogP contribution in [0.3, 0.4) is 0 Å². The van der Waals surface area contributed by atoms with E-state index < -0.39 is 21.7 Å². The molecule has 1 rings (SSSR count). The van der Waals surface area contributed by atoms with Gasteiger partial charge in [-0.15, -0.1) is 10.2 Å². The van der Waals surface area contributed by atoms with Gasteiger partial charge < -0.3 is 5.11 Å². The van der Waals surface area contributed by atoms with Crippen LogP contribution in [0.15, 0.2) is 12.1 Å². The lowest BCUT2D eigenvalue weighted by Gasteiger charge is -2.03. The van der Waals surface area contributed by atoms with Gasteiger partial charge in [0, 0.05) is 0 Å². The van der Waals surface area contributed by atoms with Gasteiger partial charge in [-0.1, -0.05) is 11.6 Å². The number of carboxylic acid groups (broad SMARTS) is 1. The van der Waals surface area contributed by atoms with Gasteiger partial charge in [0.1, 0.15) is 0 Å². The van der Waals surface area contributed by atoms with Crippen molar-refractivity contribution in [3.8, 4) is 0 Å². The van der Waals surface area contributed by atoms with Crippen LogP contribution in [-0.4, -0.2) is 35.4 Å². The first-order chi connectivity index (χ1) is 6.89. The van der Waals surface area contributed by atoms with E-state index in [2.05, 4.69) is 10.2 Å². The van der Waals surface area contributed by atoms with Crippen LogP contribution in [0.4, 0.5) is 5.82 Å². The van der Waals surface area contributed by atoms with Crippen LogP contribution in [-0.2, 0) is 14.8 Å². The molecular formula is C6H6ClN3O4S. The number of hydrogen-bond acceptors (Lipinski definition) is 5. The highest BCUT2D eigenvalue weighted by atomic mass is 35.5. The fourth-order valence-corrected chi connectivity index (χ4v) is 1.65. The molecule has 0 aromatic carbocycles. The Bertz CT molecular complexity index is 458. The standard InChI is InChI=1S/C6H6ClN3O4S/c7-4-1-2-5(9-8-4)10-15(13,14)3-6(11)12/h1-2H,3H2,(H,9,10)(H,11,12). The van der Waals surface area contributed by atoms with Crippen molar-refractivity contribution in [3.63, 3.8) is 0 Å². The van der Waals surface area contributed by atoms with Gasteiger partial charge in [-0.25, -0.2) is 8.42 Å². The van der Waals surface area contributed by atoms with E-state index in [-0.39, 0.29) is 11.0 Å². The number of nitrogens with zero attached hydrogens (tertiary/aromatic N) is 2. The first-order valence-corrected chi connectivity index (χ1v) is 5.63. The van der Waals surface area contributed by atoms with Crippen LogP contribution in [0.1, 0.15) is 0 Å². The first-order valence-electron chi connectivity index (χ1n) is 3.60. The second kappa shape index (κ2) is 4.41. The average Bonchev–Trinajstić information content (AvgIpc) is 2.06. The smallest absolute Gasteiger partial charge is 0.320 e. The predicted molar refractivity (Wildman–Crippen MR) is 52.1 cm³/mol. The Morgan fingerprint density at radius 2 is 2.13 bits per heavy atom. The maximum Gasteiger partial charge on any atom is 0.320 e. The molecule has 0 unspecified atom stereocenters. The molecular weight excluding hydrogens is 246 g/mol. The molecule has 82 valence electrons. The van der Waals surface area contributed by atoms with Crippen molar-refractivity contribution in [3.05, 3.63) is 17.3 Å². The topological polar surface area (TPSA) is 109 Å². The molecule has 0 saturated heterocycles. The van der Waals surface area contributed by atoms with Gasteiger partial charge in [0.2, 0.25) is 10.0 Å². The molecule has 0 amide bonds. The number of rotatable bonds is 4. The summed E-state index contributed by atoms with van der Waals surface area (Å²) in [4.78, 5) is 10.2. The summed E-state index contributed by atoms with van der Waals surface area (Å²) in [5, 5.41) is 15.2. The molecule has 1 aromatic rings. The van der Waals surface area contributed by atoms with Gasteiger partial charge in [-0.3, -0.25) is 9.52 Å². The number of aromatic nitrogens is 2. The number of halogens is 1. The fraction of sp³-hybridized carbons (Fsp3) is 0.167. The summed E-state index contributed by atoms with van der Waals surface area (Å²) in [6.07, 6.45) is 0. The van der Waals surface area contributed by atoms with E-state index in [1.165, 1.54) is 12.1 Å². The number of carboxylic acids is 1. The lowest BCUT2D eigenvalue weighted by molar-refractivity contribution is -0.134. The van der Waals surface area contributed by atoms with Crippen LogP contribution in [0.5, 0.6) is 0 Å². The molecule has 0 bridgehead atoms. The second-order valence-corrected chi connectivity index (χ2v) is 4.61. The van der Waals surface area contributed by atoms with Crippen LogP contribution in [0.25, 0.3) is 0 Å². The van der Waals surface area contributed by atoms with E-state index in [9.17, 15) is 13.2 Å². The van der Waals surface area contributed by atoms with E-state index in [1.54, 1.807) is 0 Å². The predicted octanol–water partition coefficient (Wildman–Crippen LogP) is -0.0437. The largest absolute Gasteiger partial charge is 0.480 e. The number of carbonyl (C=O) groups is 1. The maximum atomic E-state index is 11.1. The van der Waals surface area contributed by atoms with Crippen LogP contribution >= 0.6 is 11.6 Å². The molecule has 9 heteroatoms. The molecule has 1 aromatic heterocycles. The van der Waals surface area contributed by atoms with E-state index in [4.69, 9.17) is 16.7 Å². The van der Waals surface area contributed by atoms with E-state index in [1.807, 2.05) is 4.72 Å². The molecule has 1 heterocycles. The van der Waals surface area contributed by atoms with Gasteiger partial charge in [-0.2, -0.15) is 0 Å². The molecule has 0 aliphatic heterocycles. The van der Waals surface area contributed by atoms with Crippen molar-refractivity contribution in [2.45, 2.75) is 0 Å². The summed E-state index contributed by atoms with van der Waals surface area (Å²) in [7, 11) is -3.94. The Labute approximate surface area is 90.1 Å². The summed E-state index contributed by atoms with van der Waals surface area (Å²) < 4.78 is 24.1. The summed E-state index contributed by atoms with van der Waals surface area (Å²) in [6.45, 7) is 0. The molecule has 0 spiro atoms. The van der Waals surface area contributed by atoms with E-state index in [0.717, 1.165) is 0 Å². The van der Waals surface area contributed by atoms with Gasteiger partial charge in [0.25, 0.3) is 0 Å². The molecule has 0 atom stereocenters. The minimum Gasteiger partial charge on any atom is -0.480 e. The quantitative estimate of drug-likeness (QED) is 0.777. The van der Waals surface area contributed by atoms with Crippen LogP contribution in [0.2, 0.25) is 5.15 Å². The zero-order valence-electron chi connectivity index (χ0n) is 7.21. The Morgan fingerprint density at radius 1 is 1.47 bits per heavy atom. The van der Waals surface area contributed by atoms with Crippen molar-refractivity contribution in [1.29, 1.82) is 0 Å². The zero-order chi connectivity index (χ0) is 11.5. The number of anilines is 1. The fourth-order valence-electron chi connectivity index (χ4n) is 0.728. The van der Waals surface area contributed by atoms with Crippen molar-refractivity contribution < 1.29 is 18.3 Å². The Balaban J connectivity index is 2.78. The average molecular weight is 252 g/mol. The molecule has 7 nitrogen and oxygen atoms in total. The molecule has 0 radical (unpaired) electrons. The monoisotopic (exact) mass is 251 g/mol. The Kier molecular flexibility index (Phi) is 3.43. The third-order valence-corrected chi connectivity index (χ3v) is 2.55. The maximum absolute atomic E-state index is 11.1. The van der Waals surface area contributed by atoms with Gasteiger partial charge >= 0.3 is 5.97 Å². The summed E-state index contributed by atoms with van der Waals surface area (Å²) in [5.41, 5.74) is 0. The number of aliphatic carboxylic acids is 1. The molecule has 15 heavy (non-hydrogen) atoms. The van der Waals surface area contributed by atoms with Crippen molar-refractivity contribution in [2.75, 3.05) is 10.5 Å². The van der Waals surface area contributed by atoms with E-state index in [0.29, 0.717) is 0 Å². The molecule has 0 aliphatic carbocycles. The van der Waals surface area contributed by atoms with Gasteiger partial charge in [-0.05, 0) is 12.1 Å². The molecule has 0 saturated carbocycles. The lowest BCUT2D eigenvalue weighted by atomic mass is 10.5. The third-order valence-electron chi connectivity index (χ3n) is 1.21. The highest BCUT2D eigenvalue weighted by Gasteiger charge is 2.16. The minimum atomic E-state index is -3.94. The first kappa shape index (κ1) is 11.7. The van der Waals surface area contributed by atoms with Crippen LogP contribution < -0.4 is 4.72 Å². The molecule has 0 aliphatic rings. The SMILES string of the molecule is O=C(O)CS(=O)(=O)Nc1ccc(Cl)nn1. The van der Waals surface area contributed by atoms with Gasteiger partial charge in [0.05, 0.1) is 0 Å². The Hall–Kier alpha value is -1.41. The highest BCUT2D eigenvalue weighted by Crippen LogP contribution is 2.07. The Morgan fingerprint density at radius 3 is 2.60 bits per heavy atom. The molecule has 0 fully saturated rings. The highest BCUT2D eigenvalue weighted by molar-refractivity contribution is 7.93. The number of nitrogens with one attached hydrogen (secondary N) is 1.